The highest BCUT2D eigenvalue weighted by molar-refractivity contribution is 8.14. The first-order chi connectivity index (χ1) is 36.3. The van der Waals surface area contributed by atoms with Crippen LogP contribution in [0.2, 0.25) is 0 Å². The van der Waals surface area contributed by atoms with Crippen molar-refractivity contribution >= 4 is 69.1 Å². The fourth-order valence-electron chi connectivity index (χ4n) is 8.09. The summed E-state index contributed by atoms with van der Waals surface area (Å²) in [6.07, 6.45) is 9.27. The molecule has 77 heavy (non-hydrogen) atoms. The van der Waals surface area contributed by atoms with Crippen molar-refractivity contribution in [1.29, 1.82) is 0 Å². The fourth-order valence-corrected chi connectivity index (χ4v) is 11.4. The zero-order chi connectivity index (χ0) is 56.8. The summed E-state index contributed by atoms with van der Waals surface area (Å²) in [6, 6.07) is 0. The summed E-state index contributed by atoms with van der Waals surface area (Å²) in [4.78, 5) is 97.0. The van der Waals surface area contributed by atoms with Gasteiger partial charge in [0.1, 0.15) is 42.4 Å². The molecule has 32 heteroatoms. The van der Waals surface area contributed by atoms with Crippen LogP contribution in [0.25, 0.3) is 11.2 Å². The molecule has 0 spiro atoms. The maximum Gasteiger partial charge on any atom is 0.274 e. The molecule has 2 fully saturated rings. The second-order valence-electron chi connectivity index (χ2n) is 19.4. The summed E-state index contributed by atoms with van der Waals surface area (Å²) >= 11 is 1.04. The average Bonchev–Trinajstić information content (AvgIpc) is 3.93. The molecule has 0 saturated carbocycles. The highest BCUT2D eigenvalue weighted by Gasteiger charge is 2.47. The zero-order valence-corrected chi connectivity index (χ0v) is 46.9. The van der Waals surface area contributed by atoms with Gasteiger partial charge in [-0.3, -0.25) is 28.1 Å². The third-order valence-corrected chi connectivity index (χ3v) is 16.3. The van der Waals surface area contributed by atoms with Crippen LogP contribution >= 0.6 is 35.2 Å². The van der Waals surface area contributed by atoms with Gasteiger partial charge in [-0.05, 0) is 32.3 Å². The number of unbranched alkanes of at least 4 members (excludes halogenated alkanes) is 13. The van der Waals surface area contributed by atoms with Crippen molar-refractivity contribution in [3.8, 4) is 0 Å². The standard InChI is InChI=1S/C45H78N7O21P3S/c1-30-31(53)25-32(54)44(70-30)67-23-18-16-14-12-10-8-6-4-5-7-9-11-13-15-17-19-35(56)77-24-22-47-34(55)20-21-48-42(59)39(58)45(2,3)27-69-76(65,66)73-75(63,64)68-26-33-38(72-74(60,61)62)37(57)43(71-33)52-29-51-36-40(46)49-28-50-41(36)52/h17,19,28-33,37-39,43-44,53-54,57-58H,4-16,18,20-27H2,1-3H3,(H,47,55)(H,48,59)(H,63,64)(H,65,66)(H2,46,49,50)(H2,60,61,62)/p-4/b19-17+/t30-,31+,32+,33+,37+,38+,39-,43+,44+/m0/s1. The van der Waals surface area contributed by atoms with E-state index in [2.05, 4.69) is 43.5 Å². The van der Waals surface area contributed by atoms with E-state index in [0.29, 0.717) is 12.4 Å². The molecule has 2 aliphatic rings. The number of fused-ring (bicyclic) bond motifs is 1. The minimum absolute atomic E-state index is 0.0246. The van der Waals surface area contributed by atoms with Gasteiger partial charge >= 0.3 is 0 Å². The number of nitrogens with two attached hydrogens (primary N) is 1. The molecule has 2 saturated heterocycles. The van der Waals surface area contributed by atoms with E-state index in [0.717, 1.165) is 73.9 Å². The number of anilines is 1. The minimum Gasteiger partial charge on any atom is -0.790 e. The van der Waals surface area contributed by atoms with E-state index in [1.807, 2.05) is 6.08 Å². The number of ether oxygens (including phenoxy) is 3. The number of aromatic nitrogens is 4. The maximum atomic E-state index is 12.7. The van der Waals surface area contributed by atoms with Gasteiger partial charge in [-0.1, -0.05) is 102 Å². The molecule has 0 bridgehead atoms. The molecule has 4 heterocycles. The highest BCUT2D eigenvalue weighted by atomic mass is 32.2. The largest absolute Gasteiger partial charge is 0.790 e. The number of nitrogens with zero attached hydrogens (tertiary/aromatic N) is 4. The van der Waals surface area contributed by atoms with Crippen molar-refractivity contribution in [3.05, 3.63) is 24.8 Å². The van der Waals surface area contributed by atoms with E-state index in [9.17, 15) is 68.1 Å². The number of nitrogens with one attached hydrogen (secondary N) is 2. The highest BCUT2D eigenvalue weighted by Crippen LogP contribution is 2.56. The summed E-state index contributed by atoms with van der Waals surface area (Å²) < 4.78 is 72.1. The van der Waals surface area contributed by atoms with Gasteiger partial charge in [-0.25, -0.2) is 19.3 Å². The van der Waals surface area contributed by atoms with Crippen molar-refractivity contribution in [1.82, 2.24) is 30.2 Å². The average molecular weight is 1170 g/mol. The van der Waals surface area contributed by atoms with Gasteiger partial charge in [-0.2, -0.15) is 0 Å². The Bertz CT molecular complexity index is 2330. The smallest absolute Gasteiger partial charge is 0.274 e. The van der Waals surface area contributed by atoms with E-state index in [4.69, 9.17) is 19.9 Å². The lowest BCUT2D eigenvalue weighted by Crippen LogP contribution is -2.47. The number of imidazole rings is 1. The topological polar surface area (TPSA) is 434 Å². The van der Waals surface area contributed by atoms with Gasteiger partial charge in [-0.15, -0.1) is 0 Å². The second kappa shape index (κ2) is 32.5. The number of aliphatic hydroxyl groups excluding tert-OH is 4. The summed E-state index contributed by atoms with van der Waals surface area (Å²) in [5.74, 6) is -1.25. The van der Waals surface area contributed by atoms with Crippen molar-refractivity contribution in [2.45, 2.75) is 179 Å². The molecule has 2 aromatic rings. The van der Waals surface area contributed by atoms with Crippen LogP contribution in [0.3, 0.4) is 0 Å². The van der Waals surface area contributed by atoms with Crippen LogP contribution in [0.1, 0.15) is 130 Å². The van der Waals surface area contributed by atoms with E-state index in [1.165, 1.54) is 64.9 Å². The number of hydrogen-bond donors (Lipinski definition) is 7. The molecule has 28 nitrogen and oxygen atoms in total. The van der Waals surface area contributed by atoms with Gasteiger partial charge in [0, 0.05) is 43.7 Å². The molecule has 440 valence electrons. The van der Waals surface area contributed by atoms with Crippen LogP contribution in [0.5, 0.6) is 0 Å². The minimum atomic E-state index is -5.93. The number of carbonyl (C=O) groups is 3. The molecule has 2 aliphatic heterocycles. The molecule has 2 unspecified atom stereocenters. The number of carbonyl (C=O) groups excluding carboxylic acids is 3. The Morgan fingerprint density at radius 1 is 0.883 bits per heavy atom. The molecule has 2 aromatic heterocycles. The molecule has 8 N–H and O–H groups in total. The van der Waals surface area contributed by atoms with E-state index in [-0.39, 0.29) is 54.1 Å². The van der Waals surface area contributed by atoms with Crippen LogP contribution in [0, 0.1) is 5.41 Å². The number of nitrogen functional groups attached to an aromatic ring is 1. The molecule has 0 aromatic carbocycles. The summed E-state index contributed by atoms with van der Waals surface area (Å²) in [6.45, 7) is 2.38. The first-order valence-corrected chi connectivity index (χ1v) is 30.9. The van der Waals surface area contributed by atoms with Crippen LogP contribution in [-0.4, -0.2) is 145 Å². The van der Waals surface area contributed by atoms with E-state index < -0.39 is 103 Å². The van der Waals surface area contributed by atoms with Gasteiger partial charge < -0.3 is 88.7 Å². The molecule has 2 amide bonds. The van der Waals surface area contributed by atoms with Gasteiger partial charge in [0.15, 0.2) is 24.0 Å². The Labute approximate surface area is 451 Å². The summed E-state index contributed by atoms with van der Waals surface area (Å²) in [7, 11) is -17.7. The van der Waals surface area contributed by atoms with E-state index >= 15 is 0 Å². The number of thioether (sulfide) groups is 1. The van der Waals surface area contributed by atoms with E-state index in [1.54, 1.807) is 6.92 Å². The first-order valence-electron chi connectivity index (χ1n) is 25.6. The lowest BCUT2D eigenvalue weighted by Gasteiger charge is -2.36. The lowest BCUT2D eigenvalue weighted by atomic mass is 9.87. The Kier molecular flexibility index (Phi) is 28.2. The summed E-state index contributed by atoms with van der Waals surface area (Å²) in [5.41, 5.74) is 4.07. The third-order valence-electron chi connectivity index (χ3n) is 12.5. The molecular weight excluding hydrogens is 1100 g/mol. The molecule has 11 atom stereocenters. The number of allylic oxidation sites excluding steroid dienone is 1. The second-order valence-corrected chi connectivity index (χ2v) is 24.6. The molecule has 0 radical (unpaired) electrons. The Balaban J connectivity index is 0.992. The van der Waals surface area contributed by atoms with Crippen LogP contribution < -0.4 is 35.9 Å². The Hall–Kier alpha value is -2.86. The van der Waals surface area contributed by atoms with Crippen molar-refractivity contribution in [2.24, 2.45) is 5.41 Å². The van der Waals surface area contributed by atoms with Gasteiger partial charge in [0.2, 0.25) is 16.9 Å². The number of rotatable bonds is 37. The first kappa shape index (κ1) is 66.7. The Morgan fingerprint density at radius 3 is 2.16 bits per heavy atom. The SMILES string of the molecule is C[C@@H]1O[C@@H](OCCCCCCCCCCCCCCC/C=C/C(=O)SCCNC(=O)CCNC(=O)[C@H](O)C(C)(C)COP(=O)([O-])OP(=O)([O-])OC[C@H]2O[C@@H](n3cnc4c(N)ncnc43)[C@H](O)[C@@H]2OP(=O)([O-])[O-])[C@H](O)C[C@H]1O. The van der Waals surface area contributed by atoms with Crippen LogP contribution in [0.4, 0.5) is 5.82 Å². The number of phosphoric ester groups is 3. The van der Waals surface area contributed by atoms with Crippen molar-refractivity contribution in [3.63, 3.8) is 0 Å². The van der Waals surface area contributed by atoms with Crippen LogP contribution in [0.15, 0.2) is 24.8 Å². The normalized spacial score (nSPS) is 24.2. The number of hydrogen-bond acceptors (Lipinski definition) is 26. The zero-order valence-electron chi connectivity index (χ0n) is 43.4. The molecular formula is C45H74N7O21P3S-4. The monoisotopic (exact) mass is 1170 g/mol. The third kappa shape index (κ3) is 24.0. The number of aliphatic hydroxyl groups is 4. The molecule has 4 rings (SSSR count). The Morgan fingerprint density at radius 2 is 1.51 bits per heavy atom. The lowest BCUT2D eigenvalue weighted by molar-refractivity contribution is -0.347. The van der Waals surface area contributed by atoms with Crippen molar-refractivity contribution < 1.29 is 100 Å². The van der Waals surface area contributed by atoms with Crippen molar-refractivity contribution in [2.75, 3.05) is 44.4 Å². The summed E-state index contributed by atoms with van der Waals surface area (Å²) in [5, 5.41) is 46.0. The van der Waals surface area contributed by atoms with Gasteiger partial charge in [0.05, 0.1) is 39.6 Å². The number of phosphoric acid groups is 3. The number of amides is 2. The fraction of sp³-hybridized carbons (Fsp3) is 0.778. The predicted octanol–water partition coefficient (Wildman–Crippen LogP) is 1.03. The van der Waals surface area contributed by atoms with Crippen LogP contribution in [-0.2, 0) is 60.2 Å². The maximum absolute atomic E-state index is 12.7. The molecule has 0 aliphatic carbocycles. The van der Waals surface area contributed by atoms with Gasteiger partial charge in [0.25, 0.3) is 15.6 Å². The predicted molar refractivity (Wildman–Crippen MR) is 269 cm³/mol. The quantitative estimate of drug-likeness (QED) is 0.0282.